The van der Waals surface area contributed by atoms with Gasteiger partial charge in [-0.2, -0.15) is 16.9 Å². The molecule has 3 N–H and O–H groups in total. The molecule has 0 bridgehead atoms. The monoisotopic (exact) mass is 312 g/mol. The van der Waals surface area contributed by atoms with Gasteiger partial charge in [-0.3, -0.25) is 9.48 Å². The molecule has 21 heavy (non-hydrogen) atoms. The fraction of sp³-hybridized carbons (Fsp3) is 0.615. The van der Waals surface area contributed by atoms with Crippen LogP contribution in [0.5, 0.6) is 0 Å². The second-order valence-corrected chi connectivity index (χ2v) is 6.47. The van der Waals surface area contributed by atoms with Gasteiger partial charge >= 0.3 is 12.0 Å². The lowest BCUT2D eigenvalue weighted by Crippen LogP contribution is -2.41. The molecule has 0 radical (unpaired) electrons. The van der Waals surface area contributed by atoms with Crippen molar-refractivity contribution in [2.24, 2.45) is 0 Å². The van der Waals surface area contributed by atoms with Crippen molar-refractivity contribution in [1.82, 2.24) is 15.1 Å². The van der Waals surface area contributed by atoms with Crippen LogP contribution in [-0.4, -0.2) is 43.9 Å². The third-order valence-corrected chi connectivity index (χ3v) is 4.66. The summed E-state index contributed by atoms with van der Waals surface area (Å²) in [4.78, 5) is 22.5. The number of nitrogens with zero attached hydrogens (tertiary/aromatic N) is 2. The molecule has 1 heterocycles. The molecular formula is C13H20N4O3S. The lowest BCUT2D eigenvalue weighted by atomic mass is 10.2. The molecule has 1 aromatic rings. The van der Waals surface area contributed by atoms with Crippen LogP contribution >= 0.6 is 11.8 Å². The first-order valence-corrected chi connectivity index (χ1v) is 8.06. The molecule has 0 spiro atoms. The maximum absolute atomic E-state index is 12.0. The second-order valence-electron chi connectivity index (χ2n) is 4.95. The first-order chi connectivity index (χ1) is 10.1. The third kappa shape index (κ3) is 4.66. The van der Waals surface area contributed by atoms with Gasteiger partial charge < -0.3 is 15.7 Å². The predicted octanol–water partition coefficient (Wildman–Crippen LogP) is 1.76. The number of hydrogen-bond donors (Lipinski definition) is 3. The normalized spacial score (nSPS) is 21.2. The Morgan fingerprint density at radius 1 is 1.52 bits per heavy atom. The highest BCUT2D eigenvalue weighted by molar-refractivity contribution is 7.99. The molecule has 7 nitrogen and oxygen atoms in total. The molecule has 1 aromatic heterocycles. The van der Waals surface area contributed by atoms with E-state index < -0.39 is 5.97 Å². The maximum Gasteiger partial charge on any atom is 0.325 e. The van der Waals surface area contributed by atoms with Crippen molar-refractivity contribution in [3.05, 3.63) is 12.4 Å². The number of nitrogens with one attached hydrogen (secondary N) is 2. The van der Waals surface area contributed by atoms with Crippen molar-refractivity contribution in [3.8, 4) is 0 Å². The van der Waals surface area contributed by atoms with E-state index in [1.165, 1.54) is 17.1 Å². The van der Waals surface area contributed by atoms with E-state index in [1.807, 2.05) is 11.8 Å². The molecule has 2 rings (SSSR count). The standard InChI is InChI=1S/C13H20N4O3S/c1-2-21-11-5-3-4-10(11)16-13(20)15-9-6-14-17(7-9)8-12(18)19/h6-7,10-11H,2-5,8H2,1H3,(H,18,19)(H2,15,16,20). The van der Waals surface area contributed by atoms with Gasteiger partial charge in [0.1, 0.15) is 6.54 Å². The van der Waals surface area contributed by atoms with E-state index in [9.17, 15) is 9.59 Å². The second kappa shape index (κ2) is 7.35. The molecule has 2 amide bonds. The van der Waals surface area contributed by atoms with Crippen LogP contribution in [0.15, 0.2) is 12.4 Å². The summed E-state index contributed by atoms with van der Waals surface area (Å²) in [7, 11) is 0. The molecule has 1 fully saturated rings. The topological polar surface area (TPSA) is 96.3 Å². The number of aromatic nitrogens is 2. The summed E-state index contributed by atoms with van der Waals surface area (Å²) in [5, 5.41) is 18.7. The Hall–Kier alpha value is -1.70. The minimum Gasteiger partial charge on any atom is -0.480 e. The molecule has 1 saturated carbocycles. The number of carbonyl (C=O) groups is 2. The zero-order chi connectivity index (χ0) is 15.2. The quantitative estimate of drug-likeness (QED) is 0.744. The summed E-state index contributed by atoms with van der Waals surface area (Å²) in [6, 6.07) is -0.0671. The lowest BCUT2D eigenvalue weighted by Gasteiger charge is -2.20. The number of anilines is 1. The van der Waals surface area contributed by atoms with Gasteiger partial charge in [-0.15, -0.1) is 0 Å². The van der Waals surface area contributed by atoms with Crippen molar-refractivity contribution in [2.45, 2.75) is 44.0 Å². The third-order valence-electron chi connectivity index (χ3n) is 3.34. The van der Waals surface area contributed by atoms with Crippen LogP contribution in [-0.2, 0) is 11.3 Å². The van der Waals surface area contributed by atoms with E-state index in [-0.39, 0.29) is 18.6 Å². The van der Waals surface area contributed by atoms with Crippen molar-refractivity contribution in [2.75, 3.05) is 11.1 Å². The number of rotatable bonds is 6. The highest BCUT2D eigenvalue weighted by Gasteiger charge is 2.28. The number of thioether (sulfide) groups is 1. The number of urea groups is 1. The van der Waals surface area contributed by atoms with Crippen LogP contribution in [0.1, 0.15) is 26.2 Å². The van der Waals surface area contributed by atoms with Crippen LogP contribution in [0.2, 0.25) is 0 Å². The Morgan fingerprint density at radius 3 is 3.05 bits per heavy atom. The largest absolute Gasteiger partial charge is 0.480 e. The Labute approximate surface area is 127 Å². The summed E-state index contributed by atoms with van der Waals surface area (Å²) in [6.07, 6.45) is 6.22. The summed E-state index contributed by atoms with van der Waals surface area (Å²) in [6.45, 7) is 1.90. The van der Waals surface area contributed by atoms with Crippen LogP contribution in [0, 0.1) is 0 Å². The zero-order valence-corrected chi connectivity index (χ0v) is 12.7. The van der Waals surface area contributed by atoms with Crippen molar-refractivity contribution < 1.29 is 14.7 Å². The van der Waals surface area contributed by atoms with Gasteiger partial charge in [0.2, 0.25) is 0 Å². The van der Waals surface area contributed by atoms with Gasteiger partial charge in [-0.05, 0) is 18.6 Å². The number of amides is 2. The first kappa shape index (κ1) is 15.7. The number of hydrogen-bond acceptors (Lipinski definition) is 4. The summed E-state index contributed by atoms with van der Waals surface area (Å²) in [5.74, 6) is 0.0753. The minimum absolute atomic E-state index is 0.198. The number of carbonyl (C=O) groups excluding carboxylic acids is 1. The number of carboxylic acids is 1. The van der Waals surface area contributed by atoms with Gasteiger partial charge in [0.05, 0.1) is 11.9 Å². The Bertz CT molecular complexity index is 505. The molecule has 0 aliphatic heterocycles. The molecule has 1 aliphatic carbocycles. The lowest BCUT2D eigenvalue weighted by molar-refractivity contribution is -0.137. The van der Waals surface area contributed by atoms with Crippen LogP contribution in [0.3, 0.4) is 0 Å². The minimum atomic E-state index is -0.973. The van der Waals surface area contributed by atoms with Gasteiger partial charge in [-0.1, -0.05) is 13.3 Å². The first-order valence-electron chi connectivity index (χ1n) is 7.02. The van der Waals surface area contributed by atoms with Crippen molar-refractivity contribution in [3.63, 3.8) is 0 Å². The van der Waals surface area contributed by atoms with Crippen molar-refractivity contribution >= 4 is 29.4 Å². The maximum atomic E-state index is 12.0. The van der Waals surface area contributed by atoms with Crippen LogP contribution in [0.4, 0.5) is 10.5 Å². The summed E-state index contributed by atoms with van der Waals surface area (Å²) >= 11 is 1.88. The molecule has 0 aromatic carbocycles. The average Bonchev–Trinajstić information content (AvgIpc) is 3.00. The average molecular weight is 312 g/mol. The van der Waals surface area contributed by atoms with E-state index in [0.29, 0.717) is 10.9 Å². The van der Waals surface area contributed by atoms with E-state index in [0.717, 1.165) is 25.0 Å². The molecule has 1 aliphatic rings. The predicted molar refractivity (Wildman–Crippen MR) is 81.6 cm³/mol. The van der Waals surface area contributed by atoms with Gasteiger partial charge in [0, 0.05) is 17.5 Å². The zero-order valence-electron chi connectivity index (χ0n) is 11.9. The van der Waals surface area contributed by atoms with E-state index in [1.54, 1.807) is 0 Å². The SMILES string of the molecule is CCSC1CCCC1NC(=O)Nc1cnn(CC(=O)O)c1. The van der Waals surface area contributed by atoms with Crippen LogP contribution < -0.4 is 10.6 Å². The van der Waals surface area contributed by atoms with Gasteiger partial charge in [0.15, 0.2) is 0 Å². The fourth-order valence-corrected chi connectivity index (χ4v) is 3.69. The molecular weight excluding hydrogens is 292 g/mol. The summed E-state index contributed by atoms with van der Waals surface area (Å²) < 4.78 is 1.27. The van der Waals surface area contributed by atoms with Crippen molar-refractivity contribution in [1.29, 1.82) is 0 Å². The van der Waals surface area contributed by atoms with Gasteiger partial charge in [-0.25, -0.2) is 4.79 Å². The van der Waals surface area contributed by atoms with E-state index >= 15 is 0 Å². The summed E-state index contributed by atoms with van der Waals surface area (Å²) in [5.41, 5.74) is 0.492. The highest BCUT2D eigenvalue weighted by atomic mass is 32.2. The Morgan fingerprint density at radius 2 is 2.33 bits per heavy atom. The van der Waals surface area contributed by atoms with E-state index in [2.05, 4.69) is 22.7 Å². The van der Waals surface area contributed by atoms with E-state index in [4.69, 9.17) is 5.11 Å². The smallest absolute Gasteiger partial charge is 0.325 e. The molecule has 2 unspecified atom stereocenters. The Balaban J connectivity index is 1.84. The molecule has 0 saturated heterocycles. The highest BCUT2D eigenvalue weighted by Crippen LogP contribution is 2.29. The fourth-order valence-electron chi connectivity index (χ4n) is 2.49. The molecule has 116 valence electrons. The molecule has 2 atom stereocenters. The number of aliphatic carboxylic acids is 1. The van der Waals surface area contributed by atoms with Gasteiger partial charge in [0.25, 0.3) is 0 Å². The van der Waals surface area contributed by atoms with Crippen LogP contribution in [0.25, 0.3) is 0 Å². The number of carboxylic acid groups (broad SMARTS) is 1. The molecule has 8 heteroatoms. The Kier molecular flexibility index (Phi) is 5.49.